The summed E-state index contributed by atoms with van der Waals surface area (Å²) in [6.45, 7) is 2.15. The second-order valence-electron chi connectivity index (χ2n) is 5.18. The first-order valence-electron chi connectivity index (χ1n) is 6.68. The number of hydrogen-bond acceptors (Lipinski definition) is 1. The van der Waals surface area contributed by atoms with Gasteiger partial charge in [-0.05, 0) is 42.5 Å². The van der Waals surface area contributed by atoms with E-state index in [1.54, 1.807) is 0 Å². The smallest absolute Gasteiger partial charge is 0.0406 e. The number of halogens is 1. The van der Waals surface area contributed by atoms with Gasteiger partial charge in [0.2, 0.25) is 0 Å². The fraction of sp³-hybridized carbons (Fsp3) is 0.294. The van der Waals surface area contributed by atoms with Crippen molar-refractivity contribution >= 4 is 11.6 Å². The molecule has 0 amide bonds. The van der Waals surface area contributed by atoms with Gasteiger partial charge in [-0.1, -0.05) is 61.0 Å². The zero-order chi connectivity index (χ0) is 13.7. The van der Waals surface area contributed by atoms with Crippen LogP contribution in [-0.4, -0.2) is 5.54 Å². The molecule has 0 aliphatic heterocycles. The van der Waals surface area contributed by atoms with E-state index in [1.807, 2.05) is 18.2 Å². The first-order chi connectivity index (χ1) is 9.11. The van der Waals surface area contributed by atoms with Crippen LogP contribution in [0.4, 0.5) is 0 Å². The topological polar surface area (TPSA) is 26.0 Å². The summed E-state index contributed by atoms with van der Waals surface area (Å²) in [6.07, 6.45) is 2.72. The predicted octanol–water partition coefficient (Wildman–Crippen LogP) is 4.23. The minimum atomic E-state index is -0.199. The molecule has 0 fully saturated rings. The van der Waals surface area contributed by atoms with Crippen molar-refractivity contribution in [2.24, 2.45) is 5.73 Å². The van der Waals surface area contributed by atoms with Crippen molar-refractivity contribution < 1.29 is 0 Å². The van der Waals surface area contributed by atoms with Crippen LogP contribution in [0.5, 0.6) is 0 Å². The average Bonchev–Trinajstić information content (AvgIpc) is 2.42. The molecule has 2 N–H and O–H groups in total. The molecule has 1 unspecified atom stereocenters. The van der Waals surface area contributed by atoms with E-state index in [-0.39, 0.29) is 5.54 Å². The van der Waals surface area contributed by atoms with Crippen LogP contribution in [0.1, 0.15) is 24.5 Å². The molecule has 0 radical (unpaired) electrons. The number of benzene rings is 2. The van der Waals surface area contributed by atoms with Crippen molar-refractivity contribution in [3.8, 4) is 0 Å². The molecule has 0 saturated heterocycles. The molecule has 0 heterocycles. The second kappa shape index (κ2) is 6.23. The average molecular weight is 274 g/mol. The largest absolute Gasteiger partial charge is 0.325 e. The molecule has 0 aliphatic carbocycles. The number of nitrogens with two attached hydrogens (primary N) is 1. The quantitative estimate of drug-likeness (QED) is 0.867. The molecular formula is C17H20ClN. The van der Waals surface area contributed by atoms with Gasteiger partial charge in [-0.15, -0.1) is 0 Å². The van der Waals surface area contributed by atoms with Crippen molar-refractivity contribution in [3.05, 3.63) is 70.7 Å². The van der Waals surface area contributed by atoms with Crippen molar-refractivity contribution in [2.75, 3.05) is 0 Å². The molecule has 0 spiro atoms. The Morgan fingerprint density at radius 3 is 1.95 bits per heavy atom. The van der Waals surface area contributed by atoms with Crippen LogP contribution in [0.3, 0.4) is 0 Å². The molecule has 2 aromatic rings. The molecule has 0 aliphatic rings. The van der Waals surface area contributed by atoms with E-state index >= 15 is 0 Å². The van der Waals surface area contributed by atoms with E-state index in [2.05, 4.69) is 43.3 Å². The van der Waals surface area contributed by atoms with Gasteiger partial charge in [0.25, 0.3) is 0 Å². The fourth-order valence-corrected chi connectivity index (χ4v) is 2.45. The normalized spacial score (nSPS) is 14.1. The third-order valence-electron chi connectivity index (χ3n) is 3.57. The summed E-state index contributed by atoms with van der Waals surface area (Å²) in [7, 11) is 0. The Balaban J connectivity index is 2.11. The van der Waals surface area contributed by atoms with Gasteiger partial charge in [0.05, 0.1) is 0 Å². The maximum atomic E-state index is 6.57. The highest BCUT2D eigenvalue weighted by Gasteiger charge is 2.23. The van der Waals surface area contributed by atoms with Gasteiger partial charge in [0, 0.05) is 10.6 Å². The lowest BCUT2D eigenvalue weighted by molar-refractivity contribution is 0.404. The molecule has 19 heavy (non-hydrogen) atoms. The molecule has 1 nitrogen and oxygen atoms in total. The lowest BCUT2D eigenvalue weighted by Gasteiger charge is -2.28. The zero-order valence-electron chi connectivity index (χ0n) is 11.3. The van der Waals surface area contributed by atoms with E-state index in [1.165, 1.54) is 11.1 Å². The summed E-state index contributed by atoms with van der Waals surface area (Å²) in [6, 6.07) is 18.4. The predicted molar refractivity (Wildman–Crippen MR) is 82.5 cm³/mol. The van der Waals surface area contributed by atoms with Crippen LogP contribution in [-0.2, 0) is 12.8 Å². The molecule has 2 heteroatoms. The fourth-order valence-electron chi connectivity index (χ4n) is 2.32. The van der Waals surface area contributed by atoms with Crippen molar-refractivity contribution in [2.45, 2.75) is 31.7 Å². The molecule has 0 bridgehead atoms. The van der Waals surface area contributed by atoms with Crippen molar-refractivity contribution in [3.63, 3.8) is 0 Å². The van der Waals surface area contributed by atoms with E-state index in [0.29, 0.717) is 0 Å². The molecule has 2 aromatic carbocycles. The van der Waals surface area contributed by atoms with Gasteiger partial charge >= 0.3 is 0 Å². The van der Waals surface area contributed by atoms with Crippen molar-refractivity contribution in [1.29, 1.82) is 0 Å². The molecule has 100 valence electrons. The number of rotatable bonds is 5. The first-order valence-corrected chi connectivity index (χ1v) is 7.06. The van der Waals surface area contributed by atoms with Crippen LogP contribution in [0.15, 0.2) is 54.6 Å². The molecular weight excluding hydrogens is 254 g/mol. The summed E-state index contributed by atoms with van der Waals surface area (Å²) in [4.78, 5) is 0. The molecule has 0 aromatic heterocycles. The Bertz CT molecular complexity index is 507. The Hall–Kier alpha value is -1.31. The zero-order valence-corrected chi connectivity index (χ0v) is 12.0. The summed E-state index contributed by atoms with van der Waals surface area (Å²) in [5, 5.41) is 0.769. The number of hydrogen-bond donors (Lipinski definition) is 1. The minimum absolute atomic E-state index is 0.199. The summed E-state index contributed by atoms with van der Waals surface area (Å²) < 4.78 is 0. The van der Waals surface area contributed by atoms with Crippen LogP contribution in [0, 0.1) is 0 Å². The highest BCUT2D eigenvalue weighted by Crippen LogP contribution is 2.21. The van der Waals surface area contributed by atoms with Gasteiger partial charge in [-0.25, -0.2) is 0 Å². The van der Waals surface area contributed by atoms with Gasteiger partial charge < -0.3 is 5.73 Å². The lowest BCUT2D eigenvalue weighted by atomic mass is 9.83. The van der Waals surface area contributed by atoms with E-state index in [0.717, 1.165) is 24.3 Å². The maximum Gasteiger partial charge on any atom is 0.0406 e. The summed E-state index contributed by atoms with van der Waals surface area (Å²) in [5.74, 6) is 0. The van der Waals surface area contributed by atoms with Gasteiger partial charge in [-0.3, -0.25) is 0 Å². The third kappa shape index (κ3) is 4.09. The second-order valence-corrected chi connectivity index (χ2v) is 5.62. The van der Waals surface area contributed by atoms with Crippen molar-refractivity contribution in [1.82, 2.24) is 0 Å². The SMILES string of the molecule is CCC(N)(Cc1ccccc1)Cc1ccc(Cl)cc1. The van der Waals surface area contributed by atoms with E-state index in [9.17, 15) is 0 Å². The van der Waals surface area contributed by atoms with E-state index in [4.69, 9.17) is 17.3 Å². The van der Waals surface area contributed by atoms with Crippen LogP contribution in [0.2, 0.25) is 5.02 Å². The molecule has 0 saturated carbocycles. The molecule has 1 atom stereocenters. The van der Waals surface area contributed by atoms with Gasteiger partial charge in [0.1, 0.15) is 0 Å². The van der Waals surface area contributed by atoms with Crippen LogP contribution >= 0.6 is 11.6 Å². The summed E-state index contributed by atoms with van der Waals surface area (Å²) in [5.41, 5.74) is 8.90. The summed E-state index contributed by atoms with van der Waals surface area (Å²) >= 11 is 5.92. The highest BCUT2D eigenvalue weighted by molar-refractivity contribution is 6.30. The minimum Gasteiger partial charge on any atom is -0.325 e. The Morgan fingerprint density at radius 2 is 1.42 bits per heavy atom. The molecule has 2 rings (SSSR count). The standard InChI is InChI=1S/C17H20ClN/c1-2-17(19,12-14-6-4-3-5-7-14)13-15-8-10-16(18)11-9-15/h3-11H,2,12-13,19H2,1H3. The Morgan fingerprint density at radius 1 is 0.895 bits per heavy atom. The van der Waals surface area contributed by atoms with E-state index < -0.39 is 0 Å². The van der Waals surface area contributed by atoms with Gasteiger partial charge in [0.15, 0.2) is 0 Å². The van der Waals surface area contributed by atoms with Crippen LogP contribution < -0.4 is 5.73 Å². The maximum absolute atomic E-state index is 6.57. The van der Waals surface area contributed by atoms with Crippen LogP contribution in [0.25, 0.3) is 0 Å². The third-order valence-corrected chi connectivity index (χ3v) is 3.82. The highest BCUT2D eigenvalue weighted by atomic mass is 35.5. The first kappa shape index (κ1) is 14.1. The Kier molecular flexibility index (Phi) is 4.62. The monoisotopic (exact) mass is 273 g/mol. The lowest BCUT2D eigenvalue weighted by Crippen LogP contribution is -2.43. The Labute approximate surface area is 120 Å². The van der Waals surface area contributed by atoms with Gasteiger partial charge in [-0.2, -0.15) is 0 Å².